The highest BCUT2D eigenvalue weighted by atomic mass is 35.5. The topological polar surface area (TPSA) is 107 Å². The number of amides is 1. The van der Waals surface area contributed by atoms with E-state index in [1.807, 2.05) is 0 Å². The van der Waals surface area contributed by atoms with Crippen LogP contribution < -0.4 is 4.90 Å². The molecule has 10 heteroatoms. The molecule has 3 aromatic carbocycles. The molecule has 0 aliphatic carbocycles. The molecular weight excluding hydrogens is 519 g/mol. The minimum Gasteiger partial charge on any atom is -0.454 e. The quantitative estimate of drug-likeness (QED) is 0.113. The van der Waals surface area contributed by atoms with Crippen LogP contribution >= 0.6 is 23.2 Å². The molecule has 1 aliphatic heterocycles. The van der Waals surface area contributed by atoms with E-state index in [9.17, 15) is 24.5 Å². The van der Waals surface area contributed by atoms with Crippen LogP contribution in [0, 0.1) is 16.0 Å². The summed E-state index contributed by atoms with van der Waals surface area (Å²) in [4.78, 5) is 50.3. The fourth-order valence-electron chi connectivity index (χ4n) is 4.10. The first-order valence-corrected chi connectivity index (χ1v) is 12.4. The second-order valence-electron chi connectivity index (χ2n) is 8.53. The van der Waals surface area contributed by atoms with Crippen LogP contribution in [0.5, 0.6) is 0 Å². The van der Waals surface area contributed by atoms with E-state index in [1.54, 1.807) is 60.7 Å². The van der Waals surface area contributed by atoms with Crippen molar-refractivity contribution in [3.8, 4) is 11.1 Å². The number of non-ortho nitro benzene ring substituents is 1. The van der Waals surface area contributed by atoms with Crippen molar-refractivity contribution in [2.24, 2.45) is 5.92 Å². The number of anilines is 1. The van der Waals surface area contributed by atoms with Crippen LogP contribution in [0.2, 0.25) is 5.02 Å². The number of nitrogens with zero attached hydrogens (tertiary/aromatic N) is 2. The largest absolute Gasteiger partial charge is 0.454 e. The molecule has 0 radical (unpaired) electrons. The maximum Gasteiger partial charge on any atom is 0.312 e. The number of nitro benzene ring substituents is 1. The van der Waals surface area contributed by atoms with Crippen molar-refractivity contribution in [3.63, 3.8) is 0 Å². The number of alkyl halides is 1. The number of benzene rings is 3. The Morgan fingerprint density at radius 2 is 1.59 bits per heavy atom. The van der Waals surface area contributed by atoms with E-state index in [0.29, 0.717) is 16.3 Å². The van der Waals surface area contributed by atoms with Crippen molar-refractivity contribution in [1.82, 2.24) is 0 Å². The lowest BCUT2D eigenvalue weighted by atomic mass is 10.0. The molecule has 190 valence electrons. The normalized spacial score (nSPS) is 15.9. The van der Waals surface area contributed by atoms with Crippen LogP contribution in [0.4, 0.5) is 11.4 Å². The number of rotatable bonds is 9. The van der Waals surface area contributed by atoms with Crippen LogP contribution in [0.15, 0.2) is 72.8 Å². The molecule has 0 saturated carbocycles. The predicted molar refractivity (Wildman–Crippen MR) is 140 cm³/mol. The van der Waals surface area contributed by atoms with Gasteiger partial charge in [-0.25, -0.2) is 0 Å². The number of ketones is 1. The summed E-state index contributed by atoms with van der Waals surface area (Å²) in [6.45, 7) is 0.122. The number of ether oxygens (including phenoxy) is 1. The molecule has 37 heavy (non-hydrogen) atoms. The molecule has 0 aromatic heterocycles. The first-order valence-electron chi connectivity index (χ1n) is 11.5. The Hall–Kier alpha value is -3.75. The van der Waals surface area contributed by atoms with Crippen LogP contribution in [0.3, 0.4) is 0 Å². The van der Waals surface area contributed by atoms with Crippen LogP contribution in [-0.2, 0) is 14.3 Å². The predicted octanol–water partition coefficient (Wildman–Crippen LogP) is 5.69. The fourth-order valence-corrected chi connectivity index (χ4v) is 4.43. The molecule has 0 N–H and O–H groups in total. The molecule has 0 unspecified atom stereocenters. The van der Waals surface area contributed by atoms with Gasteiger partial charge in [-0.05, 0) is 59.7 Å². The van der Waals surface area contributed by atoms with Gasteiger partial charge in [-0.3, -0.25) is 24.5 Å². The molecule has 3 aromatic rings. The average Bonchev–Trinajstić information content (AvgIpc) is 3.30. The summed E-state index contributed by atoms with van der Waals surface area (Å²) in [7, 11) is 0. The third-order valence-electron chi connectivity index (χ3n) is 6.10. The summed E-state index contributed by atoms with van der Waals surface area (Å²) in [6, 6.07) is 19.5. The van der Waals surface area contributed by atoms with Gasteiger partial charge in [0.2, 0.25) is 11.7 Å². The van der Waals surface area contributed by atoms with Gasteiger partial charge in [0.1, 0.15) is 0 Å². The third kappa shape index (κ3) is 6.15. The summed E-state index contributed by atoms with van der Waals surface area (Å²) in [5, 5.41) is 11.3. The Morgan fingerprint density at radius 1 is 1.00 bits per heavy atom. The van der Waals surface area contributed by atoms with E-state index in [-0.39, 0.29) is 42.6 Å². The minimum absolute atomic E-state index is 0.00381. The summed E-state index contributed by atoms with van der Waals surface area (Å²) in [5.74, 6) is -1.85. The Morgan fingerprint density at radius 3 is 2.16 bits per heavy atom. The highest BCUT2D eigenvalue weighted by Gasteiger charge is 2.38. The van der Waals surface area contributed by atoms with E-state index < -0.39 is 22.9 Å². The van der Waals surface area contributed by atoms with E-state index in [1.165, 1.54) is 17.0 Å². The van der Waals surface area contributed by atoms with E-state index in [2.05, 4.69) is 0 Å². The van der Waals surface area contributed by atoms with Crippen molar-refractivity contribution in [2.75, 3.05) is 17.3 Å². The summed E-state index contributed by atoms with van der Waals surface area (Å²) < 4.78 is 5.52. The lowest BCUT2D eigenvalue weighted by molar-refractivity contribution is -0.384. The monoisotopic (exact) mass is 540 g/mol. The van der Waals surface area contributed by atoms with Crippen molar-refractivity contribution in [3.05, 3.63) is 93.5 Å². The molecule has 8 nitrogen and oxygen atoms in total. The maximum absolute atomic E-state index is 12.9. The lowest BCUT2D eigenvalue weighted by Crippen LogP contribution is -2.32. The number of carbonyl (C=O) groups excluding carboxylic acids is 3. The molecule has 1 fully saturated rings. The number of halogens is 2. The number of hydrogen-bond acceptors (Lipinski definition) is 6. The van der Waals surface area contributed by atoms with Gasteiger partial charge in [0.15, 0.2) is 6.10 Å². The number of Topliss-reactive ketones (excluding diaryl/α,β-unsaturated/α-hetero) is 1. The first-order chi connectivity index (χ1) is 17.8. The van der Waals surface area contributed by atoms with Gasteiger partial charge in [-0.15, -0.1) is 11.6 Å². The molecule has 2 atom stereocenters. The molecule has 1 amide bonds. The van der Waals surface area contributed by atoms with Gasteiger partial charge in [-0.2, -0.15) is 0 Å². The second kappa shape index (κ2) is 11.5. The number of hydrogen-bond donors (Lipinski definition) is 0. The highest BCUT2D eigenvalue weighted by molar-refractivity contribution is 6.30. The van der Waals surface area contributed by atoms with E-state index in [4.69, 9.17) is 27.9 Å². The van der Waals surface area contributed by atoms with Gasteiger partial charge in [0.05, 0.1) is 10.8 Å². The highest BCUT2D eigenvalue weighted by Crippen LogP contribution is 2.30. The fraction of sp³-hybridized carbons (Fsp3) is 0.222. The number of esters is 1. The van der Waals surface area contributed by atoms with Crippen molar-refractivity contribution < 1.29 is 24.0 Å². The van der Waals surface area contributed by atoms with E-state index >= 15 is 0 Å². The zero-order chi connectivity index (χ0) is 26.5. The first kappa shape index (κ1) is 26.3. The van der Waals surface area contributed by atoms with Gasteiger partial charge in [-0.1, -0.05) is 23.7 Å². The van der Waals surface area contributed by atoms with Crippen LogP contribution in [0.25, 0.3) is 11.1 Å². The summed E-state index contributed by atoms with van der Waals surface area (Å²) >= 11 is 11.7. The Labute approximate surface area is 222 Å². The molecule has 1 heterocycles. The maximum atomic E-state index is 12.9. The summed E-state index contributed by atoms with van der Waals surface area (Å²) in [5.41, 5.74) is 2.59. The molecule has 0 bridgehead atoms. The van der Waals surface area contributed by atoms with Gasteiger partial charge in [0.25, 0.3) is 5.69 Å². The Kier molecular flexibility index (Phi) is 8.21. The average molecular weight is 541 g/mol. The smallest absolute Gasteiger partial charge is 0.312 e. The summed E-state index contributed by atoms with van der Waals surface area (Å²) in [6.07, 6.45) is -0.953. The standard InChI is InChI=1S/C27H22Cl2N2O6/c28-14-13-24(26(33)19-1-7-21(29)8-2-19)37-27(34)20-15-25(32)30(16-20)22-9-3-17(4-10-22)18-5-11-23(12-6-18)31(35)36/h1-12,20,24H,13-16H2/t20-,24-/m0/s1. The second-order valence-corrected chi connectivity index (χ2v) is 9.34. The Bertz CT molecular complexity index is 1310. The van der Waals surface area contributed by atoms with Crippen molar-refractivity contribution in [2.45, 2.75) is 18.9 Å². The van der Waals surface area contributed by atoms with E-state index in [0.717, 1.165) is 11.1 Å². The molecule has 1 aliphatic rings. The number of carbonyl (C=O) groups is 3. The molecular formula is C27H22Cl2N2O6. The van der Waals surface area contributed by atoms with Gasteiger partial charge < -0.3 is 9.64 Å². The molecule has 0 spiro atoms. The SMILES string of the molecule is O=C(O[C@@H](CCCl)C(=O)c1ccc(Cl)cc1)[C@H]1CC(=O)N(c2ccc(-c3ccc([N+](=O)[O-])cc3)cc2)C1. The zero-order valence-electron chi connectivity index (χ0n) is 19.5. The lowest BCUT2D eigenvalue weighted by Gasteiger charge is -2.19. The zero-order valence-corrected chi connectivity index (χ0v) is 21.0. The van der Waals surface area contributed by atoms with Gasteiger partial charge >= 0.3 is 5.97 Å². The molecule has 1 saturated heterocycles. The van der Waals surface area contributed by atoms with Crippen molar-refractivity contribution >= 4 is 52.2 Å². The number of nitro groups is 1. The van der Waals surface area contributed by atoms with Crippen molar-refractivity contribution in [1.29, 1.82) is 0 Å². The van der Waals surface area contributed by atoms with Gasteiger partial charge in [0, 0.05) is 53.7 Å². The van der Waals surface area contributed by atoms with Crippen LogP contribution in [0.1, 0.15) is 23.2 Å². The third-order valence-corrected chi connectivity index (χ3v) is 6.57. The molecule has 4 rings (SSSR count). The van der Waals surface area contributed by atoms with Crippen LogP contribution in [-0.4, -0.2) is 41.1 Å². The minimum atomic E-state index is -1.06. The Balaban J connectivity index is 1.42.